The van der Waals surface area contributed by atoms with Crippen LogP contribution in [0.3, 0.4) is 0 Å². The molecule has 1 aliphatic carbocycles. The summed E-state index contributed by atoms with van der Waals surface area (Å²) in [5, 5.41) is 12.0. The van der Waals surface area contributed by atoms with Gasteiger partial charge in [0.15, 0.2) is 5.78 Å². The number of carbonyl (C=O) groups excluding carboxylic acids is 1. The van der Waals surface area contributed by atoms with Gasteiger partial charge in [0.1, 0.15) is 6.23 Å². The topological polar surface area (TPSA) is 53.0 Å². The van der Waals surface area contributed by atoms with Crippen LogP contribution in [-0.2, 0) is 28.4 Å². The lowest BCUT2D eigenvalue weighted by molar-refractivity contribution is -0.143. The van der Waals surface area contributed by atoms with Crippen LogP contribution in [0, 0.1) is 18.8 Å². The number of hydrogen-bond acceptors (Lipinski definition) is 5. The smallest absolute Gasteiger partial charge is 0.373 e. The number of aliphatic hydroxyl groups is 1. The maximum atomic E-state index is 13.7. The number of rotatable bonds is 7. The van der Waals surface area contributed by atoms with E-state index in [9.17, 15) is 36.2 Å². The van der Waals surface area contributed by atoms with Gasteiger partial charge in [-0.1, -0.05) is 54.6 Å². The molecule has 6 rings (SSSR count). The molecule has 0 radical (unpaired) electrons. The molecular formula is C37H38F6N2O3. The summed E-state index contributed by atoms with van der Waals surface area (Å²) in [6, 6.07) is 19.0. The van der Waals surface area contributed by atoms with Crippen molar-refractivity contribution in [3.8, 4) is 0 Å². The molecule has 6 atom stereocenters. The molecule has 1 saturated carbocycles. The molecule has 256 valence electrons. The van der Waals surface area contributed by atoms with Gasteiger partial charge in [-0.05, 0) is 73.1 Å². The summed E-state index contributed by atoms with van der Waals surface area (Å²) in [4.78, 5) is 16.8. The highest BCUT2D eigenvalue weighted by atomic mass is 19.4. The van der Waals surface area contributed by atoms with E-state index in [0.29, 0.717) is 44.6 Å². The van der Waals surface area contributed by atoms with Gasteiger partial charge in [0.25, 0.3) is 0 Å². The highest BCUT2D eigenvalue weighted by Gasteiger charge is 2.52. The van der Waals surface area contributed by atoms with Crippen molar-refractivity contribution in [1.82, 2.24) is 9.80 Å². The number of halogens is 6. The lowest BCUT2D eigenvalue weighted by atomic mass is 9.68. The number of carbonyl (C=O) groups is 1. The first-order valence-corrected chi connectivity index (χ1v) is 16.1. The van der Waals surface area contributed by atoms with Crippen LogP contribution in [0.5, 0.6) is 0 Å². The van der Waals surface area contributed by atoms with Crippen LogP contribution in [0.1, 0.15) is 65.2 Å². The zero-order valence-corrected chi connectivity index (χ0v) is 26.6. The Morgan fingerprint density at radius 1 is 0.896 bits per heavy atom. The number of likely N-dealkylation sites (tertiary alicyclic amines) is 1. The minimum absolute atomic E-state index is 0.0191. The Bertz CT molecular complexity index is 1620. The molecule has 0 aromatic heterocycles. The van der Waals surface area contributed by atoms with Crippen molar-refractivity contribution in [3.63, 3.8) is 0 Å². The number of hydrogen-bond donors (Lipinski definition) is 1. The molecule has 2 heterocycles. The van der Waals surface area contributed by atoms with Crippen LogP contribution >= 0.6 is 0 Å². The zero-order valence-electron chi connectivity index (χ0n) is 26.6. The maximum Gasteiger partial charge on any atom is 0.416 e. The number of aryl methyl sites for hydroxylation is 1. The van der Waals surface area contributed by atoms with Crippen molar-refractivity contribution >= 4 is 5.78 Å². The number of ether oxygens (including phenoxy) is 1. The lowest BCUT2D eigenvalue weighted by Crippen LogP contribution is -2.44. The van der Waals surface area contributed by atoms with Crippen molar-refractivity contribution < 1.29 is 41.0 Å². The highest BCUT2D eigenvalue weighted by molar-refractivity contribution is 5.92. The third-order valence-corrected chi connectivity index (χ3v) is 9.99. The van der Waals surface area contributed by atoms with Crippen LogP contribution in [0.4, 0.5) is 26.3 Å². The molecule has 11 heteroatoms. The predicted octanol–water partition coefficient (Wildman–Crippen LogP) is 7.89. The molecule has 5 nitrogen and oxygen atoms in total. The number of aliphatic hydroxyl groups excluding tert-OH is 1. The lowest BCUT2D eigenvalue weighted by Gasteiger charge is -2.42. The zero-order chi connectivity index (χ0) is 34.4. The molecule has 48 heavy (non-hydrogen) atoms. The Labute approximate surface area is 275 Å². The van der Waals surface area contributed by atoms with Gasteiger partial charge in [-0.3, -0.25) is 9.69 Å². The second-order valence-corrected chi connectivity index (χ2v) is 13.3. The number of nitrogens with zero attached hydrogens (tertiary/aromatic N) is 2. The first kappa shape index (κ1) is 34.2. The Kier molecular flexibility index (Phi) is 9.50. The maximum absolute atomic E-state index is 13.7. The van der Waals surface area contributed by atoms with Crippen molar-refractivity contribution in [2.45, 2.75) is 69.9 Å². The van der Waals surface area contributed by atoms with Gasteiger partial charge < -0.3 is 14.7 Å². The third-order valence-electron chi connectivity index (χ3n) is 9.99. The van der Waals surface area contributed by atoms with Gasteiger partial charge in [0.05, 0.1) is 29.9 Å². The molecule has 2 fully saturated rings. The summed E-state index contributed by atoms with van der Waals surface area (Å²) in [5.41, 5.74) is 0.641. The molecule has 1 unspecified atom stereocenters. The van der Waals surface area contributed by atoms with E-state index in [0.717, 1.165) is 22.4 Å². The second-order valence-electron chi connectivity index (χ2n) is 13.3. The van der Waals surface area contributed by atoms with Crippen LogP contribution in [0.2, 0.25) is 0 Å². The number of fused-ring (bicyclic) bond motifs is 1. The summed E-state index contributed by atoms with van der Waals surface area (Å²) in [6.45, 7) is 5.22. The quantitative estimate of drug-likeness (QED) is 0.259. The Balaban J connectivity index is 1.29. The van der Waals surface area contributed by atoms with E-state index in [1.54, 1.807) is 6.08 Å². The fraction of sp³-hybridized carbons (Fsp3) is 0.432. The molecule has 0 spiro atoms. The average Bonchev–Trinajstić information content (AvgIpc) is 3.37. The summed E-state index contributed by atoms with van der Waals surface area (Å²) in [6.07, 6.45) is -9.90. The molecule has 1 N–H and O–H groups in total. The van der Waals surface area contributed by atoms with E-state index >= 15 is 0 Å². The number of ketones is 1. The predicted molar refractivity (Wildman–Crippen MR) is 167 cm³/mol. The normalized spacial score (nSPS) is 25.9. The summed E-state index contributed by atoms with van der Waals surface area (Å²) < 4.78 is 88.4. The van der Waals surface area contributed by atoms with Crippen molar-refractivity contribution in [2.24, 2.45) is 11.8 Å². The molecular weight excluding hydrogens is 634 g/mol. The van der Waals surface area contributed by atoms with Gasteiger partial charge in [-0.2, -0.15) is 26.3 Å². The molecule has 2 aliphatic heterocycles. The van der Waals surface area contributed by atoms with Crippen LogP contribution in [0.15, 0.2) is 84.6 Å². The minimum atomic E-state index is -4.97. The first-order valence-electron chi connectivity index (χ1n) is 16.1. The molecule has 0 bridgehead atoms. The fourth-order valence-corrected chi connectivity index (χ4v) is 7.77. The number of alkyl halides is 6. The SMILES string of the molecule is Cc1ccccc1[C@H]1[C@@H]2C(O)N(C3=CC(=O)CN(Cc4ccccc4)C3)C[C@H]2CC[C@@H]1O[C@H](C)c1cc(C(F)(F)F)cc(C(F)(F)F)c1. The Morgan fingerprint density at radius 3 is 2.19 bits per heavy atom. The summed E-state index contributed by atoms with van der Waals surface area (Å²) in [5.74, 6) is -0.796. The first-order chi connectivity index (χ1) is 22.7. The Morgan fingerprint density at radius 2 is 1.54 bits per heavy atom. The van der Waals surface area contributed by atoms with Crippen LogP contribution in [-0.4, -0.2) is 52.7 Å². The van der Waals surface area contributed by atoms with E-state index in [4.69, 9.17) is 4.74 Å². The average molecular weight is 673 g/mol. The van der Waals surface area contributed by atoms with Gasteiger partial charge in [0, 0.05) is 43.2 Å². The molecule has 1 saturated heterocycles. The minimum Gasteiger partial charge on any atom is -0.373 e. The van der Waals surface area contributed by atoms with E-state index in [-0.39, 0.29) is 35.8 Å². The molecule has 3 aromatic carbocycles. The van der Waals surface area contributed by atoms with Crippen molar-refractivity contribution in [1.29, 1.82) is 0 Å². The highest BCUT2D eigenvalue weighted by Crippen LogP contribution is 2.51. The fourth-order valence-electron chi connectivity index (χ4n) is 7.77. The van der Waals surface area contributed by atoms with E-state index in [2.05, 4.69) is 0 Å². The largest absolute Gasteiger partial charge is 0.416 e. The molecule has 3 aromatic rings. The van der Waals surface area contributed by atoms with Gasteiger partial charge >= 0.3 is 12.4 Å². The van der Waals surface area contributed by atoms with Gasteiger partial charge in [0.2, 0.25) is 0 Å². The van der Waals surface area contributed by atoms with Crippen LogP contribution < -0.4 is 0 Å². The third kappa shape index (κ3) is 7.18. The van der Waals surface area contributed by atoms with E-state index in [1.165, 1.54) is 6.92 Å². The number of benzene rings is 3. The summed E-state index contributed by atoms with van der Waals surface area (Å²) in [7, 11) is 0. The van der Waals surface area contributed by atoms with Crippen molar-refractivity contribution in [3.05, 3.63) is 118 Å². The summed E-state index contributed by atoms with van der Waals surface area (Å²) >= 11 is 0. The molecule has 3 aliphatic rings. The Hall–Kier alpha value is -3.67. The van der Waals surface area contributed by atoms with E-state index in [1.807, 2.05) is 71.3 Å². The van der Waals surface area contributed by atoms with Crippen molar-refractivity contribution in [2.75, 3.05) is 19.6 Å². The van der Waals surface area contributed by atoms with Gasteiger partial charge in [-0.15, -0.1) is 0 Å². The van der Waals surface area contributed by atoms with E-state index < -0.39 is 47.8 Å². The second kappa shape index (κ2) is 13.3. The standard InChI is InChI=1S/C37H38F6N2O3/c1-22-8-6-7-11-31(22)34-32(48-23(2)26-14-27(36(38,39)40)16-28(15-26)37(41,42)43)13-12-25-19-45(35(47)33(25)34)29-17-30(46)21-44(20-29)18-24-9-4-3-5-10-24/h3-11,14-17,23,25,32-35,47H,12-13,18-21H2,1-2H3/t23-,25-,32+,33-,34-,35?/m1/s1. The van der Waals surface area contributed by atoms with Crippen LogP contribution in [0.25, 0.3) is 0 Å². The van der Waals surface area contributed by atoms with Gasteiger partial charge in [-0.25, -0.2) is 0 Å². The monoisotopic (exact) mass is 672 g/mol. The molecule has 0 amide bonds.